The fourth-order valence-corrected chi connectivity index (χ4v) is 10.2. The van der Waals surface area contributed by atoms with Crippen LogP contribution in [0.3, 0.4) is 0 Å². The first-order chi connectivity index (χ1) is 15.5. The van der Waals surface area contributed by atoms with Gasteiger partial charge in [-0.1, -0.05) is 59.3 Å². The zero-order chi connectivity index (χ0) is 23.6. The topological polar surface area (TPSA) is 20.2 Å². The van der Waals surface area contributed by atoms with Crippen LogP contribution in [0, 0.1) is 52.3 Å². The first-order valence-electron chi connectivity index (χ1n) is 14.3. The zero-order valence-electron chi connectivity index (χ0n) is 21.2. The van der Waals surface area contributed by atoms with Crippen LogP contribution >= 0.6 is 0 Å². The minimum Gasteiger partial charge on any atom is -0.380 e. The summed E-state index contributed by atoms with van der Waals surface area (Å²) in [6, 6.07) is 0. The van der Waals surface area contributed by atoms with Gasteiger partial charge in [0.25, 0.3) is 0 Å². The standard InChI is InChI=1S/C29H47F3O/c1-19(6-4-7-20-8-5-9-20)23-12-13-24-22-11-10-21-18-28(33,29(30,31)32)17-16-26(21,2)25(22)14-15-27(23,24)3/h19-25,33H,4-18H2,1-3H3/t19-,21+,22+,23-,24+,25+,26+,27-,28+/m1/s1. The van der Waals surface area contributed by atoms with Crippen LogP contribution in [0.4, 0.5) is 13.2 Å². The Morgan fingerprint density at radius 3 is 2.27 bits per heavy atom. The summed E-state index contributed by atoms with van der Waals surface area (Å²) < 4.78 is 40.8. The number of halogens is 3. The molecule has 5 aliphatic rings. The minimum atomic E-state index is -4.50. The Hall–Kier alpha value is -0.250. The van der Waals surface area contributed by atoms with Crippen molar-refractivity contribution in [3.05, 3.63) is 0 Å². The molecule has 9 atom stereocenters. The number of fused-ring (bicyclic) bond motifs is 5. The smallest absolute Gasteiger partial charge is 0.380 e. The summed E-state index contributed by atoms with van der Waals surface area (Å²) in [6.45, 7) is 7.40. The Labute approximate surface area is 199 Å². The second-order valence-corrected chi connectivity index (χ2v) is 13.8. The number of aliphatic hydroxyl groups is 1. The molecule has 5 saturated carbocycles. The molecule has 5 fully saturated rings. The summed E-state index contributed by atoms with van der Waals surface area (Å²) >= 11 is 0. The van der Waals surface area contributed by atoms with Gasteiger partial charge in [0.1, 0.15) is 0 Å². The van der Waals surface area contributed by atoms with Gasteiger partial charge < -0.3 is 5.11 Å². The van der Waals surface area contributed by atoms with Gasteiger partial charge in [-0.05, 0) is 110 Å². The molecule has 1 nitrogen and oxygen atoms in total. The minimum absolute atomic E-state index is 0.0195. The van der Waals surface area contributed by atoms with Gasteiger partial charge in [-0.15, -0.1) is 0 Å². The summed E-state index contributed by atoms with van der Waals surface area (Å²) in [6.07, 6.45) is 11.6. The van der Waals surface area contributed by atoms with Gasteiger partial charge in [-0.2, -0.15) is 13.2 Å². The van der Waals surface area contributed by atoms with E-state index in [9.17, 15) is 18.3 Å². The second-order valence-electron chi connectivity index (χ2n) is 13.8. The van der Waals surface area contributed by atoms with Gasteiger partial charge >= 0.3 is 6.18 Å². The third-order valence-electron chi connectivity index (χ3n) is 12.5. The van der Waals surface area contributed by atoms with Crippen molar-refractivity contribution in [1.82, 2.24) is 0 Å². The predicted octanol–water partition coefficient (Wildman–Crippen LogP) is 8.55. The molecule has 4 heteroatoms. The van der Waals surface area contributed by atoms with E-state index in [1.54, 1.807) is 0 Å². The van der Waals surface area contributed by atoms with E-state index in [-0.39, 0.29) is 24.2 Å². The molecule has 5 aliphatic carbocycles. The lowest BCUT2D eigenvalue weighted by Gasteiger charge is -2.62. The molecule has 0 radical (unpaired) electrons. The Bertz CT molecular complexity index is 716. The van der Waals surface area contributed by atoms with Crippen LogP contribution in [0.5, 0.6) is 0 Å². The lowest BCUT2D eigenvalue weighted by Crippen LogP contribution is -2.59. The molecular weight excluding hydrogens is 421 g/mol. The maximum Gasteiger partial charge on any atom is 0.417 e. The number of hydrogen-bond acceptors (Lipinski definition) is 1. The van der Waals surface area contributed by atoms with Crippen LogP contribution in [-0.4, -0.2) is 16.9 Å². The van der Waals surface area contributed by atoms with Crippen molar-refractivity contribution in [2.24, 2.45) is 52.3 Å². The third kappa shape index (κ3) is 3.91. The highest BCUT2D eigenvalue weighted by Gasteiger charge is 2.65. The van der Waals surface area contributed by atoms with Crippen molar-refractivity contribution in [3.63, 3.8) is 0 Å². The van der Waals surface area contributed by atoms with Gasteiger partial charge in [-0.25, -0.2) is 0 Å². The predicted molar refractivity (Wildman–Crippen MR) is 127 cm³/mol. The summed E-state index contributed by atoms with van der Waals surface area (Å²) in [5, 5.41) is 10.4. The summed E-state index contributed by atoms with van der Waals surface area (Å²) in [7, 11) is 0. The average molecular weight is 469 g/mol. The Balaban J connectivity index is 1.26. The molecule has 0 heterocycles. The number of alkyl halides is 3. The lowest BCUT2D eigenvalue weighted by molar-refractivity contribution is -0.290. The van der Waals surface area contributed by atoms with Crippen molar-refractivity contribution in [3.8, 4) is 0 Å². The van der Waals surface area contributed by atoms with Crippen molar-refractivity contribution in [1.29, 1.82) is 0 Å². The highest BCUT2D eigenvalue weighted by atomic mass is 19.4. The van der Waals surface area contributed by atoms with Gasteiger partial charge in [0.05, 0.1) is 0 Å². The summed E-state index contributed by atoms with van der Waals surface area (Å²) in [4.78, 5) is 0. The first-order valence-corrected chi connectivity index (χ1v) is 14.3. The van der Waals surface area contributed by atoms with Gasteiger partial charge in [0.15, 0.2) is 5.60 Å². The number of hydrogen-bond donors (Lipinski definition) is 1. The molecule has 1 N–H and O–H groups in total. The van der Waals surface area contributed by atoms with E-state index in [0.29, 0.717) is 23.7 Å². The van der Waals surface area contributed by atoms with Crippen molar-refractivity contribution in [2.45, 2.75) is 129 Å². The van der Waals surface area contributed by atoms with Crippen LogP contribution < -0.4 is 0 Å². The van der Waals surface area contributed by atoms with Crippen LogP contribution in [0.25, 0.3) is 0 Å². The lowest BCUT2D eigenvalue weighted by atomic mass is 9.43. The van der Waals surface area contributed by atoms with Crippen molar-refractivity contribution < 1.29 is 18.3 Å². The highest BCUT2D eigenvalue weighted by Crippen LogP contribution is 2.69. The van der Waals surface area contributed by atoms with Crippen LogP contribution in [0.1, 0.15) is 117 Å². The van der Waals surface area contributed by atoms with E-state index in [1.165, 1.54) is 64.2 Å². The monoisotopic (exact) mass is 468 g/mol. The van der Waals surface area contributed by atoms with Crippen LogP contribution in [0.15, 0.2) is 0 Å². The van der Waals surface area contributed by atoms with Crippen molar-refractivity contribution in [2.75, 3.05) is 0 Å². The molecule has 5 rings (SSSR count). The van der Waals surface area contributed by atoms with Gasteiger partial charge in [0.2, 0.25) is 0 Å². The fraction of sp³-hybridized carbons (Fsp3) is 1.00. The zero-order valence-corrected chi connectivity index (χ0v) is 21.2. The molecule has 0 unspecified atom stereocenters. The molecule has 33 heavy (non-hydrogen) atoms. The van der Waals surface area contributed by atoms with E-state index in [1.807, 2.05) is 0 Å². The first kappa shape index (κ1) is 24.4. The van der Waals surface area contributed by atoms with Gasteiger partial charge in [-0.3, -0.25) is 0 Å². The van der Waals surface area contributed by atoms with E-state index < -0.39 is 11.8 Å². The molecule has 0 aliphatic heterocycles. The Kier molecular flexibility index (Phi) is 6.23. The van der Waals surface area contributed by atoms with E-state index in [2.05, 4.69) is 20.8 Å². The molecular formula is C29H47F3O. The average Bonchev–Trinajstić information content (AvgIpc) is 3.07. The highest BCUT2D eigenvalue weighted by molar-refractivity contribution is 5.11. The quantitative estimate of drug-likeness (QED) is 0.428. The van der Waals surface area contributed by atoms with E-state index in [4.69, 9.17) is 0 Å². The van der Waals surface area contributed by atoms with E-state index in [0.717, 1.165) is 36.5 Å². The van der Waals surface area contributed by atoms with E-state index >= 15 is 0 Å². The normalized spacial score (nSPS) is 49.0. The molecule has 0 aromatic heterocycles. The molecule has 0 aromatic rings. The SMILES string of the molecule is C[C@H](CCCC1CCC1)[C@H]1CC[C@H]2[C@@H]3CC[C@H]4C[C@](O)(C(F)(F)F)CC[C@]4(C)[C@H]3CC[C@]12C. The third-order valence-corrected chi connectivity index (χ3v) is 12.5. The fourth-order valence-electron chi connectivity index (χ4n) is 10.2. The Morgan fingerprint density at radius 1 is 0.879 bits per heavy atom. The van der Waals surface area contributed by atoms with Crippen LogP contribution in [-0.2, 0) is 0 Å². The molecule has 0 saturated heterocycles. The second kappa shape index (κ2) is 8.41. The molecule has 0 bridgehead atoms. The molecule has 190 valence electrons. The Morgan fingerprint density at radius 2 is 1.61 bits per heavy atom. The maximum atomic E-state index is 13.6. The maximum absolute atomic E-state index is 13.6. The van der Waals surface area contributed by atoms with Crippen molar-refractivity contribution >= 4 is 0 Å². The largest absolute Gasteiger partial charge is 0.417 e. The molecule has 0 aromatic carbocycles. The van der Waals surface area contributed by atoms with Crippen LogP contribution in [0.2, 0.25) is 0 Å². The number of rotatable bonds is 5. The van der Waals surface area contributed by atoms with Gasteiger partial charge in [0, 0.05) is 0 Å². The molecule has 0 amide bonds. The summed E-state index contributed by atoms with van der Waals surface area (Å²) in [5.74, 6) is 4.68. The summed E-state index contributed by atoms with van der Waals surface area (Å²) in [5.41, 5.74) is -2.05. The molecule has 0 spiro atoms.